The first-order valence-corrected chi connectivity index (χ1v) is 9.62. The fourth-order valence-corrected chi connectivity index (χ4v) is 3.42. The second-order valence-corrected chi connectivity index (χ2v) is 6.94. The van der Waals surface area contributed by atoms with Crippen molar-refractivity contribution in [2.24, 2.45) is 0 Å². The van der Waals surface area contributed by atoms with Gasteiger partial charge in [0.2, 0.25) is 0 Å². The number of nitrogens with one attached hydrogen (secondary N) is 1. The predicted molar refractivity (Wildman–Crippen MR) is 111 cm³/mol. The van der Waals surface area contributed by atoms with Crippen molar-refractivity contribution in [2.75, 3.05) is 6.61 Å². The van der Waals surface area contributed by atoms with Gasteiger partial charge in [-0.25, -0.2) is 4.98 Å². The molecule has 0 radical (unpaired) electrons. The molecule has 4 aromatic rings. The number of H-pyrrole nitrogens is 1. The minimum atomic E-state index is 0.483. The lowest BCUT2D eigenvalue weighted by atomic mass is 10.2. The predicted octanol–water partition coefficient (Wildman–Crippen LogP) is 5.97. The van der Waals surface area contributed by atoms with Gasteiger partial charge in [-0.15, -0.1) is 0 Å². The molecule has 0 unspecified atom stereocenters. The number of aromatic nitrogens is 2. The highest BCUT2D eigenvalue weighted by atomic mass is 79.9. The number of benzene rings is 3. The number of rotatable bonds is 6. The standard InChI is InChI=1S/C22H19BrN2O2/c1-2-26-20-12-16(22-24-18-10-6-7-11-19(18)25-22)17(23)13-21(20)27-14-15-8-4-3-5-9-15/h3-13H,2,14H2,1H3,(H,24,25). The molecule has 136 valence electrons. The van der Waals surface area contributed by atoms with Crippen molar-refractivity contribution in [3.8, 4) is 22.9 Å². The van der Waals surface area contributed by atoms with E-state index in [4.69, 9.17) is 9.47 Å². The Bertz CT molecular complexity index is 1030. The van der Waals surface area contributed by atoms with Crippen LogP contribution in [-0.2, 0) is 6.61 Å². The number of fused-ring (bicyclic) bond motifs is 1. The van der Waals surface area contributed by atoms with E-state index in [-0.39, 0.29) is 0 Å². The number of hydrogen-bond acceptors (Lipinski definition) is 3. The normalized spacial score (nSPS) is 10.9. The van der Waals surface area contributed by atoms with Crippen LogP contribution in [0.25, 0.3) is 22.4 Å². The summed E-state index contributed by atoms with van der Waals surface area (Å²) in [5.74, 6) is 2.19. The van der Waals surface area contributed by atoms with E-state index < -0.39 is 0 Å². The molecule has 0 spiro atoms. The Kier molecular flexibility index (Phi) is 5.12. The van der Waals surface area contributed by atoms with Gasteiger partial charge in [0.25, 0.3) is 0 Å². The zero-order chi connectivity index (χ0) is 18.6. The van der Waals surface area contributed by atoms with E-state index in [2.05, 4.69) is 25.9 Å². The third-order valence-electron chi connectivity index (χ3n) is 4.21. The maximum Gasteiger partial charge on any atom is 0.162 e. The Morgan fingerprint density at radius 2 is 1.67 bits per heavy atom. The van der Waals surface area contributed by atoms with Crippen LogP contribution in [0.15, 0.2) is 71.2 Å². The molecule has 4 rings (SSSR count). The molecule has 3 aromatic carbocycles. The number of para-hydroxylation sites is 2. The van der Waals surface area contributed by atoms with Crippen LogP contribution in [0.1, 0.15) is 12.5 Å². The molecule has 0 aliphatic heterocycles. The summed E-state index contributed by atoms with van der Waals surface area (Å²) in [6, 6.07) is 22.0. The lowest BCUT2D eigenvalue weighted by molar-refractivity contribution is 0.269. The number of ether oxygens (including phenoxy) is 2. The van der Waals surface area contributed by atoms with Crippen LogP contribution in [0.5, 0.6) is 11.5 Å². The van der Waals surface area contributed by atoms with Crippen LogP contribution in [0.2, 0.25) is 0 Å². The van der Waals surface area contributed by atoms with E-state index >= 15 is 0 Å². The number of aromatic amines is 1. The molecule has 1 heterocycles. The Morgan fingerprint density at radius 1 is 0.926 bits per heavy atom. The van der Waals surface area contributed by atoms with Gasteiger partial charge in [0, 0.05) is 10.0 Å². The van der Waals surface area contributed by atoms with Crippen molar-refractivity contribution in [2.45, 2.75) is 13.5 Å². The van der Waals surface area contributed by atoms with Crippen molar-refractivity contribution < 1.29 is 9.47 Å². The Morgan fingerprint density at radius 3 is 2.44 bits per heavy atom. The first-order chi connectivity index (χ1) is 13.2. The third kappa shape index (κ3) is 3.83. The monoisotopic (exact) mass is 422 g/mol. The van der Waals surface area contributed by atoms with Crippen LogP contribution in [0.3, 0.4) is 0 Å². The molecular weight excluding hydrogens is 404 g/mol. The van der Waals surface area contributed by atoms with Crippen LogP contribution >= 0.6 is 15.9 Å². The van der Waals surface area contributed by atoms with Gasteiger partial charge in [-0.2, -0.15) is 0 Å². The molecule has 0 atom stereocenters. The maximum atomic E-state index is 6.02. The van der Waals surface area contributed by atoms with Crippen molar-refractivity contribution in [1.29, 1.82) is 0 Å². The van der Waals surface area contributed by atoms with E-state index in [0.29, 0.717) is 24.7 Å². The summed E-state index contributed by atoms with van der Waals surface area (Å²) < 4.78 is 12.7. The average Bonchev–Trinajstić information content (AvgIpc) is 3.12. The second kappa shape index (κ2) is 7.84. The molecule has 1 aromatic heterocycles. The molecule has 0 fully saturated rings. The summed E-state index contributed by atoms with van der Waals surface area (Å²) in [6.45, 7) is 3.00. The zero-order valence-corrected chi connectivity index (χ0v) is 16.5. The highest BCUT2D eigenvalue weighted by Gasteiger charge is 2.15. The Balaban J connectivity index is 1.68. The number of hydrogen-bond donors (Lipinski definition) is 1. The molecule has 0 aliphatic rings. The SMILES string of the molecule is CCOc1cc(-c2nc3ccccc3[nH]2)c(Br)cc1OCc1ccccc1. The largest absolute Gasteiger partial charge is 0.490 e. The smallest absolute Gasteiger partial charge is 0.162 e. The molecular formula is C22H19BrN2O2. The first kappa shape index (κ1) is 17.6. The first-order valence-electron chi connectivity index (χ1n) is 8.83. The quantitative estimate of drug-likeness (QED) is 0.416. The topological polar surface area (TPSA) is 47.1 Å². The fraction of sp³-hybridized carbons (Fsp3) is 0.136. The average molecular weight is 423 g/mol. The molecule has 0 saturated carbocycles. The van der Waals surface area contributed by atoms with E-state index in [1.807, 2.05) is 73.7 Å². The minimum absolute atomic E-state index is 0.483. The molecule has 5 heteroatoms. The summed E-state index contributed by atoms with van der Waals surface area (Å²) in [6.07, 6.45) is 0. The van der Waals surface area contributed by atoms with Crippen molar-refractivity contribution in [3.05, 3.63) is 76.8 Å². The fourth-order valence-electron chi connectivity index (χ4n) is 2.91. The van der Waals surface area contributed by atoms with Gasteiger partial charge in [-0.1, -0.05) is 42.5 Å². The molecule has 4 nitrogen and oxygen atoms in total. The van der Waals surface area contributed by atoms with Gasteiger partial charge in [-0.05, 0) is 52.7 Å². The van der Waals surface area contributed by atoms with Crippen LogP contribution in [0, 0.1) is 0 Å². The van der Waals surface area contributed by atoms with Gasteiger partial charge in [0.1, 0.15) is 12.4 Å². The van der Waals surface area contributed by atoms with Crippen molar-refractivity contribution in [1.82, 2.24) is 9.97 Å². The molecule has 0 bridgehead atoms. The summed E-state index contributed by atoms with van der Waals surface area (Å²) >= 11 is 3.66. The lowest BCUT2D eigenvalue weighted by Crippen LogP contribution is -2.00. The highest BCUT2D eigenvalue weighted by molar-refractivity contribution is 9.10. The van der Waals surface area contributed by atoms with E-state index in [9.17, 15) is 0 Å². The van der Waals surface area contributed by atoms with Gasteiger partial charge in [0.05, 0.1) is 17.6 Å². The Hall–Kier alpha value is -2.79. The van der Waals surface area contributed by atoms with Crippen molar-refractivity contribution in [3.63, 3.8) is 0 Å². The minimum Gasteiger partial charge on any atom is -0.490 e. The van der Waals surface area contributed by atoms with Crippen LogP contribution < -0.4 is 9.47 Å². The van der Waals surface area contributed by atoms with E-state index in [1.165, 1.54) is 0 Å². The van der Waals surface area contributed by atoms with Gasteiger partial charge >= 0.3 is 0 Å². The highest BCUT2D eigenvalue weighted by Crippen LogP contribution is 2.38. The summed E-state index contributed by atoms with van der Waals surface area (Å²) in [5.41, 5.74) is 3.97. The molecule has 27 heavy (non-hydrogen) atoms. The van der Waals surface area contributed by atoms with Gasteiger partial charge in [-0.3, -0.25) is 0 Å². The molecule has 0 aliphatic carbocycles. The molecule has 1 N–H and O–H groups in total. The second-order valence-electron chi connectivity index (χ2n) is 6.09. The van der Waals surface area contributed by atoms with E-state index in [0.717, 1.165) is 32.5 Å². The summed E-state index contributed by atoms with van der Waals surface area (Å²) in [5, 5.41) is 0. The number of imidazole rings is 1. The van der Waals surface area contributed by atoms with Crippen molar-refractivity contribution >= 4 is 27.0 Å². The van der Waals surface area contributed by atoms with Gasteiger partial charge < -0.3 is 14.5 Å². The number of nitrogens with zero attached hydrogens (tertiary/aromatic N) is 1. The maximum absolute atomic E-state index is 6.02. The van der Waals surface area contributed by atoms with Gasteiger partial charge in [0.15, 0.2) is 11.5 Å². The molecule has 0 saturated heterocycles. The molecule has 0 amide bonds. The van der Waals surface area contributed by atoms with Crippen LogP contribution in [0.4, 0.5) is 0 Å². The van der Waals surface area contributed by atoms with E-state index in [1.54, 1.807) is 0 Å². The summed E-state index contributed by atoms with van der Waals surface area (Å²) in [4.78, 5) is 8.05. The summed E-state index contributed by atoms with van der Waals surface area (Å²) in [7, 11) is 0. The third-order valence-corrected chi connectivity index (χ3v) is 4.87. The lowest BCUT2D eigenvalue weighted by Gasteiger charge is -2.14. The van der Waals surface area contributed by atoms with Crippen LogP contribution in [-0.4, -0.2) is 16.6 Å². The number of halogens is 1. The zero-order valence-electron chi connectivity index (χ0n) is 14.9. The Labute approximate surface area is 166 Å².